The third-order valence-corrected chi connectivity index (χ3v) is 4.19. The summed E-state index contributed by atoms with van der Waals surface area (Å²) in [5.41, 5.74) is 2.49. The minimum absolute atomic E-state index is 0.202. The predicted molar refractivity (Wildman–Crippen MR) is 119 cm³/mol. The third-order valence-electron chi connectivity index (χ3n) is 4.19. The van der Waals surface area contributed by atoms with Gasteiger partial charge in [0.15, 0.2) is 6.10 Å². The number of amides is 2. The lowest BCUT2D eigenvalue weighted by Gasteiger charge is -2.14. The fraction of sp³-hybridized carbons (Fsp3) is 0.217. The van der Waals surface area contributed by atoms with Crippen LogP contribution in [0.4, 0.5) is 17.1 Å². The number of esters is 1. The van der Waals surface area contributed by atoms with E-state index in [1.54, 1.807) is 36.4 Å². The van der Waals surface area contributed by atoms with Crippen molar-refractivity contribution >= 4 is 40.9 Å². The van der Waals surface area contributed by atoms with Gasteiger partial charge in [-0.05, 0) is 55.0 Å². The summed E-state index contributed by atoms with van der Waals surface area (Å²) in [6, 6.07) is 15.6. The molecule has 0 aliphatic rings. The normalized spacial score (nSPS) is 11.6. The molecule has 2 N–H and O–H groups in total. The van der Waals surface area contributed by atoms with E-state index >= 15 is 0 Å². The number of hydrogen-bond acceptors (Lipinski definition) is 6. The second-order valence-corrected chi connectivity index (χ2v) is 6.95. The van der Waals surface area contributed by atoms with Gasteiger partial charge in [-0.3, -0.25) is 9.59 Å². The average Bonchev–Trinajstić information content (AvgIpc) is 2.73. The highest BCUT2D eigenvalue weighted by Gasteiger charge is 2.20. The summed E-state index contributed by atoms with van der Waals surface area (Å²) in [5.74, 6) is -1.64. The number of nitrogens with zero attached hydrogens (tertiary/aromatic N) is 2. The molecule has 0 fully saturated rings. The van der Waals surface area contributed by atoms with Crippen molar-refractivity contribution in [3.8, 4) is 6.07 Å². The number of benzene rings is 2. The molecule has 0 bridgehead atoms. The molecule has 2 aromatic carbocycles. The Bertz CT molecular complexity index is 1020. The molecule has 0 aliphatic heterocycles. The second kappa shape index (κ2) is 10.6. The first-order valence-corrected chi connectivity index (χ1v) is 9.48. The largest absolute Gasteiger partial charge is 0.448 e. The van der Waals surface area contributed by atoms with E-state index in [2.05, 4.69) is 10.6 Å². The first kappa shape index (κ1) is 23.2. The van der Waals surface area contributed by atoms with E-state index in [0.29, 0.717) is 16.9 Å². The van der Waals surface area contributed by atoms with Crippen molar-refractivity contribution < 1.29 is 19.1 Å². The third kappa shape index (κ3) is 7.01. The maximum absolute atomic E-state index is 12.3. The predicted octanol–water partition coefficient (Wildman–Crippen LogP) is 3.19. The van der Waals surface area contributed by atoms with Crippen LogP contribution in [0.5, 0.6) is 0 Å². The van der Waals surface area contributed by atoms with Crippen LogP contribution in [0.25, 0.3) is 6.08 Å². The standard InChI is InChI=1S/C23H24N4O4/c1-15(22(29)26-20-9-7-19(8-10-20)25-16(2)28)31-23(30)18(14-24)13-17-5-11-21(12-6-17)27(3)4/h5-13,15H,1-4H3,(H,25,28)(H,26,29)/b18-13-/t15-/m0/s1. The molecule has 0 spiro atoms. The number of anilines is 3. The Morgan fingerprint density at radius 2 is 1.55 bits per heavy atom. The van der Waals surface area contributed by atoms with Crippen molar-refractivity contribution in [3.05, 3.63) is 59.7 Å². The zero-order chi connectivity index (χ0) is 23.0. The fourth-order valence-corrected chi connectivity index (χ4v) is 2.53. The highest BCUT2D eigenvalue weighted by atomic mass is 16.5. The van der Waals surface area contributed by atoms with E-state index in [-0.39, 0.29) is 11.5 Å². The molecule has 8 heteroatoms. The molecule has 2 amide bonds. The Kier molecular flexibility index (Phi) is 7.92. The Balaban J connectivity index is 1.99. The molecule has 0 saturated carbocycles. The molecule has 0 aliphatic carbocycles. The van der Waals surface area contributed by atoms with Gasteiger partial charge < -0.3 is 20.3 Å². The van der Waals surface area contributed by atoms with Gasteiger partial charge in [0, 0.05) is 38.1 Å². The molecular weight excluding hydrogens is 396 g/mol. The summed E-state index contributed by atoms with van der Waals surface area (Å²) in [6.45, 7) is 2.81. The number of rotatable bonds is 7. The van der Waals surface area contributed by atoms with Crippen LogP contribution < -0.4 is 15.5 Å². The highest BCUT2D eigenvalue weighted by molar-refractivity contribution is 6.01. The second-order valence-electron chi connectivity index (χ2n) is 6.95. The summed E-state index contributed by atoms with van der Waals surface area (Å²) in [6.07, 6.45) is 0.294. The average molecular weight is 420 g/mol. The Morgan fingerprint density at radius 3 is 2.03 bits per heavy atom. The van der Waals surface area contributed by atoms with Crippen molar-refractivity contribution in [2.45, 2.75) is 20.0 Å². The lowest BCUT2D eigenvalue weighted by Crippen LogP contribution is -2.30. The van der Waals surface area contributed by atoms with Crippen LogP contribution in [0, 0.1) is 11.3 Å². The quantitative estimate of drug-likeness (QED) is 0.404. The topological polar surface area (TPSA) is 112 Å². The van der Waals surface area contributed by atoms with Gasteiger partial charge in [0.05, 0.1) is 0 Å². The van der Waals surface area contributed by atoms with Gasteiger partial charge in [-0.15, -0.1) is 0 Å². The van der Waals surface area contributed by atoms with E-state index in [1.807, 2.05) is 37.2 Å². The molecule has 0 heterocycles. The Labute approximate surface area is 181 Å². The van der Waals surface area contributed by atoms with Gasteiger partial charge in [-0.2, -0.15) is 5.26 Å². The Hall–Kier alpha value is -4.12. The van der Waals surface area contributed by atoms with Gasteiger partial charge in [0.25, 0.3) is 5.91 Å². The van der Waals surface area contributed by atoms with Gasteiger partial charge in [0.2, 0.25) is 5.91 Å². The van der Waals surface area contributed by atoms with Crippen LogP contribution in [-0.4, -0.2) is 38.0 Å². The number of nitriles is 1. The lowest BCUT2D eigenvalue weighted by molar-refractivity contribution is -0.148. The monoisotopic (exact) mass is 420 g/mol. The molecule has 0 radical (unpaired) electrons. The molecule has 31 heavy (non-hydrogen) atoms. The van der Waals surface area contributed by atoms with Crippen molar-refractivity contribution in [1.82, 2.24) is 0 Å². The molecule has 2 rings (SSSR count). The van der Waals surface area contributed by atoms with Crippen molar-refractivity contribution in [2.75, 3.05) is 29.6 Å². The fourth-order valence-electron chi connectivity index (χ4n) is 2.53. The zero-order valence-corrected chi connectivity index (χ0v) is 17.8. The van der Waals surface area contributed by atoms with Crippen LogP contribution in [0.3, 0.4) is 0 Å². The summed E-state index contributed by atoms with van der Waals surface area (Å²) < 4.78 is 5.14. The van der Waals surface area contributed by atoms with Crippen LogP contribution in [0.2, 0.25) is 0 Å². The summed E-state index contributed by atoms with van der Waals surface area (Å²) in [4.78, 5) is 37.6. The van der Waals surface area contributed by atoms with Crippen molar-refractivity contribution in [2.24, 2.45) is 0 Å². The van der Waals surface area contributed by atoms with Gasteiger partial charge in [-0.1, -0.05) is 12.1 Å². The maximum atomic E-state index is 12.3. The zero-order valence-electron chi connectivity index (χ0n) is 17.8. The first-order chi connectivity index (χ1) is 14.7. The number of carbonyl (C=O) groups excluding carboxylic acids is 3. The lowest BCUT2D eigenvalue weighted by atomic mass is 10.1. The van der Waals surface area contributed by atoms with Crippen LogP contribution >= 0.6 is 0 Å². The summed E-state index contributed by atoms with van der Waals surface area (Å²) in [5, 5.41) is 14.6. The van der Waals surface area contributed by atoms with Gasteiger partial charge in [-0.25, -0.2) is 4.79 Å². The van der Waals surface area contributed by atoms with E-state index in [9.17, 15) is 19.6 Å². The number of hydrogen-bond donors (Lipinski definition) is 2. The molecule has 8 nitrogen and oxygen atoms in total. The maximum Gasteiger partial charge on any atom is 0.349 e. The van der Waals surface area contributed by atoms with Crippen LogP contribution in [0.1, 0.15) is 19.4 Å². The number of carbonyl (C=O) groups is 3. The van der Waals surface area contributed by atoms with E-state index in [1.165, 1.54) is 19.9 Å². The molecule has 0 aromatic heterocycles. The smallest absolute Gasteiger partial charge is 0.349 e. The molecule has 160 valence electrons. The minimum Gasteiger partial charge on any atom is -0.448 e. The van der Waals surface area contributed by atoms with Gasteiger partial charge in [0.1, 0.15) is 11.6 Å². The summed E-state index contributed by atoms with van der Waals surface area (Å²) in [7, 11) is 3.82. The van der Waals surface area contributed by atoms with E-state index < -0.39 is 18.0 Å². The van der Waals surface area contributed by atoms with Crippen LogP contribution in [-0.2, 0) is 19.1 Å². The van der Waals surface area contributed by atoms with Crippen molar-refractivity contribution in [3.63, 3.8) is 0 Å². The number of ether oxygens (including phenoxy) is 1. The Morgan fingerprint density at radius 1 is 1.00 bits per heavy atom. The van der Waals surface area contributed by atoms with Gasteiger partial charge >= 0.3 is 5.97 Å². The van der Waals surface area contributed by atoms with E-state index in [4.69, 9.17) is 4.74 Å². The molecular formula is C23H24N4O4. The molecule has 2 aromatic rings. The molecule has 0 unspecified atom stereocenters. The first-order valence-electron chi connectivity index (χ1n) is 9.48. The highest BCUT2D eigenvalue weighted by Crippen LogP contribution is 2.16. The SMILES string of the molecule is CC(=O)Nc1ccc(NC(=O)[C@H](C)OC(=O)/C(C#N)=C\c2ccc(N(C)C)cc2)cc1. The van der Waals surface area contributed by atoms with Crippen molar-refractivity contribution in [1.29, 1.82) is 5.26 Å². The van der Waals surface area contributed by atoms with E-state index in [0.717, 1.165) is 5.69 Å². The number of nitrogens with one attached hydrogen (secondary N) is 2. The summed E-state index contributed by atoms with van der Waals surface area (Å²) >= 11 is 0. The molecule has 0 saturated heterocycles. The minimum atomic E-state index is -1.12. The van der Waals surface area contributed by atoms with Crippen LogP contribution in [0.15, 0.2) is 54.1 Å². The molecule has 1 atom stereocenters.